The maximum Gasteiger partial charge on any atom is 0.227 e. The van der Waals surface area contributed by atoms with Crippen molar-refractivity contribution in [3.63, 3.8) is 0 Å². The molecule has 24 heavy (non-hydrogen) atoms. The summed E-state index contributed by atoms with van der Waals surface area (Å²) in [4.78, 5) is 16.4. The van der Waals surface area contributed by atoms with Gasteiger partial charge in [-0.05, 0) is 30.7 Å². The minimum Gasteiger partial charge on any atom is -0.388 e. The molecule has 1 unspecified atom stereocenters. The van der Waals surface area contributed by atoms with Crippen LogP contribution in [-0.4, -0.2) is 25.8 Å². The number of benzene rings is 1. The van der Waals surface area contributed by atoms with Crippen LogP contribution in [0.4, 0.5) is 10.1 Å². The molecule has 0 aliphatic heterocycles. The van der Waals surface area contributed by atoms with E-state index in [1.807, 2.05) is 6.92 Å². The van der Waals surface area contributed by atoms with Gasteiger partial charge in [0, 0.05) is 12.4 Å². The third-order valence-corrected chi connectivity index (χ3v) is 3.76. The van der Waals surface area contributed by atoms with E-state index in [4.69, 9.17) is 0 Å². The number of aliphatic hydroxyl groups excluding tert-OH is 1. The highest BCUT2D eigenvalue weighted by Gasteiger charge is 2.15. The van der Waals surface area contributed by atoms with Gasteiger partial charge in [-0.1, -0.05) is 12.1 Å². The van der Waals surface area contributed by atoms with Gasteiger partial charge in [0.05, 0.1) is 30.1 Å². The molecule has 0 radical (unpaired) electrons. The van der Waals surface area contributed by atoms with Crippen LogP contribution in [0.15, 0.2) is 36.5 Å². The Kier molecular flexibility index (Phi) is 4.26. The lowest BCUT2D eigenvalue weighted by atomic mass is 10.1. The van der Waals surface area contributed by atoms with Gasteiger partial charge in [-0.25, -0.2) is 9.37 Å². The maximum absolute atomic E-state index is 13.2. The summed E-state index contributed by atoms with van der Waals surface area (Å²) >= 11 is 0. The average molecular weight is 328 g/mol. The minimum atomic E-state index is -1.07. The lowest BCUT2D eigenvalue weighted by Gasteiger charge is -2.11. The molecule has 3 aromatic rings. The second kappa shape index (κ2) is 6.37. The van der Waals surface area contributed by atoms with E-state index >= 15 is 0 Å². The molecule has 2 N–H and O–H groups in total. The molecule has 0 bridgehead atoms. The van der Waals surface area contributed by atoms with Crippen LogP contribution >= 0.6 is 0 Å². The smallest absolute Gasteiger partial charge is 0.227 e. The molecule has 1 atom stereocenters. The number of hydrogen-bond donors (Lipinski definition) is 2. The van der Waals surface area contributed by atoms with Crippen LogP contribution < -0.4 is 5.32 Å². The standard InChI is InChI=1S/C17H17FN4O2/c1-10-14-7-13(9-19-17(14)22(2)21-10)20-16(24)8-15(23)11-4-3-5-12(18)6-11/h3-7,9,15,23H,8H2,1-2H3,(H,20,24). The quantitative estimate of drug-likeness (QED) is 0.771. The summed E-state index contributed by atoms with van der Waals surface area (Å²) in [7, 11) is 1.80. The van der Waals surface area contributed by atoms with Crippen LogP contribution in [0.3, 0.4) is 0 Å². The highest BCUT2D eigenvalue weighted by atomic mass is 19.1. The number of amides is 1. The molecule has 0 aliphatic carbocycles. The Bertz CT molecular complexity index is 907. The number of rotatable bonds is 4. The zero-order valence-corrected chi connectivity index (χ0v) is 13.3. The Labute approximate surface area is 137 Å². The Morgan fingerprint density at radius 1 is 1.42 bits per heavy atom. The highest BCUT2D eigenvalue weighted by Crippen LogP contribution is 2.21. The summed E-state index contributed by atoms with van der Waals surface area (Å²) in [6.45, 7) is 1.86. The van der Waals surface area contributed by atoms with Crippen molar-refractivity contribution >= 4 is 22.6 Å². The molecule has 0 spiro atoms. The molecule has 1 amide bonds. The number of aryl methyl sites for hydroxylation is 2. The van der Waals surface area contributed by atoms with Crippen LogP contribution in [0.5, 0.6) is 0 Å². The van der Waals surface area contributed by atoms with Crippen LogP contribution in [0.25, 0.3) is 11.0 Å². The third-order valence-electron chi connectivity index (χ3n) is 3.76. The topological polar surface area (TPSA) is 80.0 Å². The molecule has 6 nitrogen and oxygen atoms in total. The van der Waals surface area contributed by atoms with Gasteiger partial charge in [-0.2, -0.15) is 5.10 Å². The second-order valence-electron chi connectivity index (χ2n) is 5.63. The van der Waals surface area contributed by atoms with Crippen molar-refractivity contribution in [2.75, 3.05) is 5.32 Å². The first-order chi connectivity index (χ1) is 11.4. The fourth-order valence-corrected chi connectivity index (χ4v) is 2.60. The number of hydrogen-bond acceptors (Lipinski definition) is 4. The molecular formula is C17H17FN4O2. The van der Waals surface area contributed by atoms with Crippen LogP contribution in [-0.2, 0) is 11.8 Å². The molecule has 124 valence electrons. The Morgan fingerprint density at radius 3 is 2.96 bits per heavy atom. The van der Waals surface area contributed by atoms with E-state index in [0.29, 0.717) is 11.3 Å². The summed E-state index contributed by atoms with van der Waals surface area (Å²) < 4.78 is 14.8. The lowest BCUT2D eigenvalue weighted by Crippen LogP contribution is -2.15. The largest absolute Gasteiger partial charge is 0.388 e. The first kappa shape index (κ1) is 16.1. The summed E-state index contributed by atoms with van der Waals surface area (Å²) in [5.74, 6) is -0.830. The van der Waals surface area contributed by atoms with Gasteiger partial charge >= 0.3 is 0 Å². The number of anilines is 1. The fourth-order valence-electron chi connectivity index (χ4n) is 2.60. The van der Waals surface area contributed by atoms with Gasteiger partial charge in [0.1, 0.15) is 5.82 Å². The summed E-state index contributed by atoms with van der Waals surface area (Å²) in [6.07, 6.45) is 0.293. The highest BCUT2D eigenvalue weighted by molar-refractivity contribution is 5.93. The van der Waals surface area contributed by atoms with Crippen molar-refractivity contribution in [1.29, 1.82) is 0 Å². The third kappa shape index (κ3) is 3.26. The van der Waals surface area contributed by atoms with Crippen molar-refractivity contribution in [1.82, 2.24) is 14.8 Å². The number of nitrogens with zero attached hydrogens (tertiary/aromatic N) is 3. The molecule has 7 heteroatoms. The van der Waals surface area contributed by atoms with E-state index in [-0.39, 0.29) is 12.3 Å². The van der Waals surface area contributed by atoms with Crippen molar-refractivity contribution in [3.8, 4) is 0 Å². The number of fused-ring (bicyclic) bond motifs is 1. The summed E-state index contributed by atoms with van der Waals surface area (Å²) in [5, 5.41) is 17.9. The van der Waals surface area contributed by atoms with Gasteiger partial charge in [0.15, 0.2) is 5.65 Å². The maximum atomic E-state index is 13.2. The molecule has 0 fully saturated rings. The number of aromatic nitrogens is 3. The van der Waals surface area contributed by atoms with Crippen LogP contribution in [0.2, 0.25) is 0 Å². The van der Waals surface area contributed by atoms with Crippen molar-refractivity contribution < 1.29 is 14.3 Å². The van der Waals surface area contributed by atoms with Gasteiger partial charge in [0.2, 0.25) is 5.91 Å². The van der Waals surface area contributed by atoms with Gasteiger partial charge < -0.3 is 10.4 Å². The number of nitrogens with one attached hydrogen (secondary N) is 1. The van der Waals surface area contributed by atoms with E-state index in [1.54, 1.807) is 23.9 Å². The molecule has 0 aliphatic rings. The van der Waals surface area contributed by atoms with Gasteiger partial charge in [-0.3, -0.25) is 9.48 Å². The van der Waals surface area contributed by atoms with Gasteiger partial charge in [-0.15, -0.1) is 0 Å². The van der Waals surface area contributed by atoms with E-state index in [2.05, 4.69) is 15.4 Å². The predicted octanol–water partition coefficient (Wildman–Crippen LogP) is 2.48. The Hall–Kier alpha value is -2.80. The Balaban J connectivity index is 1.71. The molecule has 0 saturated heterocycles. The number of aliphatic hydroxyl groups is 1. The van der Waals surface area contributed by atoms with E-state index in [1.165, 1.54) is 24.4 Å². The molecule has 3 rings (SSSR count). The summed E-state index contributed by atoms with van der Waals surface area (Å²) in [5.41, 5.74) is 2.43. The molecule has 2 aromatic heterocycles. The molecule has 2 heterocycles. The van der Waals surface area contributed by atoms with Crippen LogP contribution in [0, 0.1) is 12.7 Å². The second-order valence-corrected chi connectivity index (χ2v) is 5.63. The summed E-state index contributed by atoms with van der Waals surface area (Å²) in [6, 6.07) is 7.36. The van der Waals surface area contributed by atoms with Gasteiger partial charge in [0.25, 0.3) is 0 Å². The minimum absolute atomic E-state index is 0.173. The predicted molar refractivity (Wildman–Crippen MR) is 87.9 cm³/mol. The van der Waals surface area contributed by atoms with Crippen molar-refractivity contribution in [3.05, 3.63) is 53.6 Å². The zero-order chi connectivity index (χ0) is 17.3. The van der Waals surface area contributed by atoms with E-state index < -0.39 is 11.9 Å². The molecule has 1 aromatic carbocycles. The van der Waals surface area contributed by atoms with Crippen molar-refractivity contribution in [2.24, 2.45) is 7.05 Å². The molecule has 0 saturated carbocycles. The SMILES string of the molecule is Cc1nn(C)c2ncc(NC(=O)CC(O)c3cccc(F)c3)cc12. The first-order valence-corrected chi connectivity index (χ1v) is 7.47. The number of carbonyl (C=O) groups excluding carboxylic acids is 1. The molecular weight excluding hydrogens is 311 g/mol. The van der Waals surface area contributed by atoms with E-state index in [9.17, 15) is 14.3 Å². The average Bonchev–Trinajstić information content (AvgIpc) is 2.81. The zero-order valence-electron chi connectivity index (χ0n) is 13.3. The fraction of sp³-hybridized carbons (Fsp3) is 0.235. The van der Waals surface area contributed by atoms with Crippen LogP contribution in [0.1, 0.15) is 23.8 Å². The normalized spacial score (nSPS) is 12.3. The Morgan fingerprint density at radius 2 is 2.21 bits per heavy atom. The first-order valence-electron chi connectivity index (χ1n) is 7.47. The van der Waals surface area contributed by atoms with E-state index in [0.717, 1.165) is 16.7 Å². The monoisotopic (exact) mass is 328 g/mol. The van der Waals surface area contributed by atoms with Crippen molar-refractivity contribution in [2.45, 2.75) is 19.4 Å². The number of carbonyl (C=O) groups is 1. The lowest BCUT2D eigenvalue weighted by molar-refractivity contribution is -0.118. The number of halogens is 1. The number of pyridine rings is 1.